The van der Waals surface area contributed by atoms with E-state index >= 15 is 0 Å². The zero-order chi connectivity index (χ0) is 11.9. The van der Waals surface area contributed by atoms with Gasteiger partial charge in [-0.2, -0.15) is 0 Å². The molecule has 2 unspecified atom stereocenters. The van der Waals surface area contributed by atoms with E-state index in [0.717, 1.165) is 31.2 Å². The van der Waals surface area contributed by atoms with Crippen LogP contribution in [0.15, 0.2) is 24.5 Å². The molecule has 1 aromatic rings. The zero-order valence-corrected chi connectivity index (χ0v) is 9.80. The Morgan fingerprint density at radius 3 is 2.82 bits per heavy atom. The largest absolute Gasteiger partial charge is 0.481 e. The molecule has 3 nitrogen and oxygen atoms in total. The lowest BCUT2D eigenvalue weighted by Crippen LogP contribution is -2.30. The monoisotopic (exact) mass is 231 g/mol. The van der Waals surface area contributed by atoms with Crippen LogP contribution in [0, 0.1) is 17.3 Å². The van der Waals surface area contributed by atoms with E-state index < -0.39 is 11.4 Å². The molecule has 1 heterocycles. The van der Waals surface area contributed by atoms with Crippen LogP contribution < -0.4 is 0 Å². The number of carboxylic acid groups (broad SMARTS) is 1. The number of carboxylic acids is 1. The van der Waals surface area contributed by atoms with Gasteiger partial charge in [0.15, 0.2) is 0 Å². The molecule has 1 N–H and O–H groups in total. The number of aliphatic carboxylic acids is 1. The topological polar surface area (TPSA) is 50.2 Å². The van der Waals surface area contributed by atoms with E-state index in [1.54, 1.807) is 6.20 Å². The first kappa shape index (κ1) is 10.8. The van der Waals surface area contributed by atoms with Crippen LogP contribution in [0.2, 0.25) is 0 Å². The van der Waals surface area contributed by atoms with Crippen LogP contribution in [-0.2, 0) is 11.2 Å². The van der Waals surface area contributed by atoms with E-state index in [1.807, 2.05) is 18.3 Å². The van der Waals surface area contributed by atoms with E-state index in [9.17, 15) is 9.90 Å². The summed E-state index contributed by atoms with van der Waals surface area (Å²) >= 11 is 0. The van der Waals surface area contributed by atoms with Crippen LogP contribution >= 0.6 is 0 Å². The fourth-order valence-electron chi connectivity index (χ4n) is 3.31. The molecule has 2 atom stereocenters. The van der Waals surface area contributed by atoms with Crippen molar-refractivity contribution in [1.29, 1.82) is 0 Å². The van der Waals surface area contributed by atoms with Crippen LogP contribution in [0.1, 0.15) is 31.2 Å². The average Bonchev–Trinajstić information content (AvgIpc) is 2.96. The minimum absolute atomic E-state index is 0.441. The molecule has 3 heteroatoms. The molecule has 0 spiro atoms. The van der Waals surface area contributed by atoms with Crippen molar-refractivity contribution in [2.24, 2.45) is 17.3 Å². The van der Waals surface area contributed by atoms with Crippen molar-refractivity contribution >= 4 is 5.97 Å². The second-order valence-electron chi connectivity index (χ2n) is 5.61. The number of rotatable bonds is 4. The van der Waals surface area contributed by atoms with Gasteiger partial charge in [0.2, 0.25) is 0 Å². The minimum Gasteiger partial charge on any atom is -0.481 e. The molecule has 0 bridgehead atoms. The van der Waals surface area contributed by atoms with E-state index in [2.05, 4.69) is 4.98 Å². The molecular weight excluding hydrogens is 214 g/mol. The van der Waals surface area contributed by atoms with Crippen molar-refractivity contribution in [3.63, 3.8) is 0 Å². The van der Waals surface area contributed by atoms with Crippen molar-refractivity contribution in [3.05, 3.63) is 30.1 Å². The van der Waals surface area contributed by atoms with E-state index in [0.29, 0.717) is 11.8 Å². The minimum atomic E-state index is -0.589. The third kappa shape index (κ3) is 1.94. The molecular formula is C14H17NO2. The fourth-order valence-corrected chi connectivity index (χ4v) is 3.31. The Bertz CT molecular complexity index is 419. The number of aryl methyl sites for hydroxylation is 1. The van der Waals surface area contributed by atoms with Gasteiger partial charge in [-0.05, 0) is 55.6 Å². The molecule has 0 aliphatic heterocycles. The lowest BCUT2D eigenvalue weighted by molar-refractivity contribution is -0.149. The van der Waals surface area contributed by atoms with Crippen molar-refractivity contribution in [2.45, 2.75) is 32.1 Å². The summed E-state index contributed by atoms with van der Waals surface area (Å²) in [5.41, 5.74) is 0.706. The van der Waals surface area contributed by atoms with Gasteiger partial charge in [-0.1, -0.05) is 6.07 Å². The van der Waals surface area contributed by atoms with Crippen LogP contribution in [0.25, 0.3) is 0 Å². The Kier molecular flexibility index (Phi) is 2.42. The average molecular weight is 231 g/mol. The maximum Gasteiger partial charge on any atom is 0.309 e. The van der Waals surface area contributed by atoms with E-state index in [4.69, 9.17) is 0 Å². The van der Waals surface area contributed by atoms with Crippen LogP contribution in [0.3, 0.4) is 0 Å². The summed E-state index contributed by atoms with van der Waals surface area (Å²) in [5, 5.41) is 9.46. The smallest absolute Gasteiger partial charge is 0.309 e. The Morgan fingerprint density at radius 1 is 1.47 bits per heavy atom. The zero-order valence-electron chi connectivity index (χ0n) is 9.80. The van der Waals surface area contributed by atoms with Gasteiger partial charge in [0.05, 0.1) is 5.41 Å². The van der Waals surface area contributed by atoms with Gasteiger partial charge >= 0.3 is 5.97 Å². The number of pyridine rings is 1. The Labute approximate surface area is 101 Å². The summed E-state index contributed by atoms with van der Waals surface area (Å²) < 4.78 is 0. The van der Waals surface area contributed by atoms with Gasteiger partial charge in [-0.3, -0.25) is 9.78 Å². The number of hydrogen-bond donors (Lipinski definition) is 1. The van der Waals surface area contributed by atoms with Crippen molar-refractivity contribution < 1.29 is 9.90 Å². The number of aromatic nitrogens is 1. The number of hydrogen-bond acceptors (Lipinski definition) is 2. The Morgan fingerprint density at radius 2 is 2.24 bits per heavy atom. The molecule has 0 aromatic carbocycles. The van der Waals surface area contributed by atoms with Gasteiger partial charge in [-0.25, -0.2) is 0 Å². The molecule has 3 rings (SSSR count). The lowest BCUT2D eigenvalue weighted by atomic mass is 9.78. The molecule has 2 aliphatic carbocycles. The summed E-state index contributed by atoms with van der Waals surface area (Å²) in [5.74, 6) is 0.827. The highest BCUT2D eigenvalue weighted by atomic mass is 16.4. The first-order valence-corrected chi connectivity index (χ1v) is 6.32. The quantitative estimate of drug-likeness (QED) is 0.866. The van der Waals surface area contributed by atoms with E-state index in [-0.39, 0.29) is 0 Å². The maximum absolute atomic E-state index is 11.5. The summed E-state index contributed by atoms with van der Waals surface area (Å²) in [6.07, 6.45) is 8.25. The highest BCUT2D eigenvalue weighted by molar-refractivity contribution is 5.75. The molecule has 2 aliphatic rings. The summed E-state index contributed by atoms with van der Waals surface area (Å²) in [7, 11) is 0. The van der Waals surface area contributed by atoms with Crippen LogP contribution in [0.4, 0.5) is 0 Å². The molecule has 1 aromatic heterocycles. The van der Waals surface area contributed by atoms with Crippen molar-refractivity contribution in [2.75, 3.05) is 0 Å². The Balaban J connectivity index is 1.68. The lowest BCUT2D eigenvalue weighted by Gasteiger charge is -2.25. The third-order valence-corrected chi connectivity index (χ3v) is 4.44. The second-order valence-corrected chi connectivity index (χ2v) is 5.61. The second kappa shape index (κ2) is 3.83. The summed E-state index contributed by atoms with van der Waals surface area (Å²) in [6.45, 7) is 0. The predicted molar refractivity (Wildman–Crippen MR) is 63.5 cm³/mol. The summed E-state index contributed by atoms with van der Waals surface area (Å²) in [4.78, 5) is 15.6. The molecule has 2 fully saturated rings. The van der Waals surface area contributed by atoms with Crippen molar-refractivity contribution in [1.82, 2.24) is 4.98 Å². The van der Waals surface area contributed by atoms with E-state index in [1.165, 1.54) is 6.42 Å². The highest BCUT2D eigenvalue weighted by Crippen LogP contribution is 2.61. The van der Waals surface area contributed by atoms with Gasteiger partial charge in [0.25, 0.3) is 0 Å². The number of nitrogens with zero attached hydrogens (tertiary/aromatic N) is 1. The molecule has 2 saturated carbocycles. The van der Waals surface area contributed by atoms with Gasteiger partial charge < -0.3 is 5.11 Å². The normalized spacial score (nSPS) is 34.4. The standard InChI is InChI=1S/C14H17NO2/c16-13(17)14(7-11-6-12(11)8-14)4-3-10-2-1-5-15-9-10/h1-2,5,9,11-12H,3-4,6-8H2,(H,16,17). The molecule has 0 saturated heterocycles. The van der Waals surface area contributed by atoms with Gasteiger partial charge in [0.1, 0.15) is 0 Å². The molecule has 90 valence electrons. The number of carbonyl (C=O) groups is 1. The molecule has 0 amide bonds. The van der Waals surface area contributed by atoms with Crippen molar-refractivity contribution in [3.8, 4) is 0 Å². The maximum atomic E-state index is 11.5. The SMILES string of the molecule is O=C(O)C1(CCc2cccnc2)CC2CC2C1. The van der Waals surface area contributed by atoms with Gasteiger partial charge in [-0.15, -0.1) is 0 Å². The first-order chi connectivity index (χ1) is 8.20. The highest BCUT2D eigenvalue weighted by Gasteiger charge is 2.57. The van der Waals surface area contributed by atoms with Gasteiger partial charge in [0, 0.05) is 12.4 Å². The van der Waals surface area contributed by atoms with Crippen LogP contribution in [-0.4, -0.2) is 16.1 Å². The third-order valence-electron chi connectivity index (χ3n) is 4.44. The van der Waals surface area contributed by atoms with Crippen LogP contribution in [0.5, 0.6) is 0 Å². The Hall–Kier alpha value is -1.38. The summed E-state index contributed by atoms with van der Waals surface area (Å²) in [6, 6.07) is 3.94. The number of fused-ring (bicyclic) bond motifs is 1. The molecule has 17 heavy (non-hydrogen) atoms. The fraction of sp³-hybridized carbons (Fsp3) is 0.571. The molecule has 0 radical (unpaired) electrons. The first-order valence-electron chi connectivity index (χ1n) is 6.32. The predicted octanol–water partition coefficient (Wildman–Crippen LogP) is 2.52.